The fraction of sp³-hybridized carbons (Fsp3) is 0.294. The van der Waals surface area contributed by atoms with Crippen LogP contribution in [0.15, 0.2) is 30.3 Å². The number of carbonyl (C=O) groups is 1. The number of hydrogen-bond acceptors (Lipinski definition) is 5. The van der Waals surface area contributed by atoms with Gasteiger partial charge in [0.25, 0.3) is 0 Å². The highest BCUT2D eigenvalue weighted by Gasteiger charge is 2.27. The number of ether oxygens (including phenoxy) is 2. The summed E-state index contributed by atoms with van der Waals surface area (Å²) in [6, 6.07) is 9.64. The van der Waals surface area contributed by atoms with Crippen LogP contribution in [0.3, 0.4) is 0 Å². The number of thiocarbonyl (C=S) groups is 1. The number of carbonyl (C=O) groups excluding carboxylic acids is 1. The van der Waals surface area contributed by atoms with Crippen LogP contribution in [0, 0.1) is 0 Å². The van der Waals surface area contributed by atoms with Gasteiger partial charge in [0.2, 0.25) is 0 Å². The standard InChI is InChI=1S/C17H18N2O3S2/c1-2-22-16(20)14-12-8-9-21-10-13(12)24-15(14)19-17(23)18-11-6-4-3-5-7-11/h3-7H,2,8-10H2,1H3,(H2,18,19,23). The maximum atomic E-state index is 12.4. The molecule has 0 bridgehead atoms. The first-order valence-electron chi connectivity index (χ1n) is 7.71. The van der Waals surface area contributed by atoms with E-state index in [4.69, 9.17) is 21.7 Å². The summed E-state index contributed by atoms with van der Waals surface area (Å²) in [5.74, 6) is -0.318. The molecule has 2 aromatic rings. The van der Waals surface area contributed by atoms with Crippen molar-refractivity contribution in [3.8, 4) is 0 Å². The van der Waals surface area contributed by atoms with Crippen molar-refractivity contribution in [2.45, 2.75) is 20.0 Å². The molecule has 2 heterocycles. The Kier molecular flexibility index (Phi) is 5.44. The third-order valence-electron chi connectivity index (χ3n) is 3.56. The van der Waals surface area contributed by atoms with E-state index in [2.05, 4.69) is 10.6 Å². The first kappa shape index (κ1) is 16.9. The monoisotopic (exact) mass is 362 g/mol. The zero-order valence-electron chi connectivity index (χ0n) is 13.3. The maximum Gasteiger partial charge on any atom is 0.341 e. The Morgan fingerprint density at radius 3 is 2.88 bits per heavy atom. The molecule has 0 aliphatic carbocycles. The van der Waals surface area contributed by atoms with E-state index >= 15 is 0 Å². The summed E-state index contributed by atoms with van der Waals surface area (Å²) >= 11 is 6.86. The van der Waals surface area contributed by atoms with E-state index in [-0.39, 0.29) is 5.97 Å². The molecule has 0 atom stereocenters. The number of fused-ring (bicyclic) bond motifs is 1. The third-order valence-corrected chi connectivity index (χ3v) is 4.88. The molecule has 0 saturated carbocycles. The Morgan fingerprint density at radius 1 is 1.33 bits per heavy atom. The summed E-state index contributed by atoms with van der Waals surface area (Å²) in [6.07, 6.45) is 0.709. The van der Waals surface area contributed by atoms with Crippen LogP contribution in [0.5, 0.6) is 0 Å². The van der Waals surface area contributed by atoms with Crippen molar-refractivity contribution < 1.29 is 14.3 Å². The number of thiophene rings is 1. The smallest absolute Gasteiger partial charge is 0.341 e. The summed E-state index contributed by atoms with van der Waals surface area (Å²) in [7, 11) is 0. The van der Waals surface area contributed by atoms with Crippen molar-refractivity contribution in [3.05, 3.63) is 46.3 Å². The molecule has 1 aromatic heterocycles. The van der Waals surface area contributed by atoms with Gasteiger partial charge >= 0.3 is 5.97 Å². The summed E-state index contributed by atoms with van der Waals surface area (Å²) in [4.78, 5) is 13.4. The Labute approximate surface area is 150 Å². The normalized spacial score (nSPS) is 13.0. The highest BCUT2D eigenvalue weighted by Crippen LogP contribution is 2.37. The number of benzene rings is 1. The first-order valence-corrected chi connectivity index (χ1v) is 8.94. The van der Waals surface area contributed by atoms with Crippen molar-refractivity contribution >= 4 is 45.3 Å². The minimum atomic E-state index is -0.318. The molecule has 0 fully saturated rings. The van der Waals surface area contributed by atoms with Gasteiger partial charge in [-0.1, -0.05) is 18.2 Å². The first-order chi connectivity index (χ1) is 11.7. The molecule has 0 amide bonds. The Bertz CT molecular complexity index is 744. The molecule has 24 heavy (non-hydrogen) atoms. The molecule has 1 aromatic carbocycles. The van der Waals surface area contributed by atoms with E-state index in [1.807, 2.05) is 30.3 Å². The number of esters is 1. The topological polar surface area (TPSA) is 59.6 Å². The highest BCUT2D eigenvalue weighted by molar-refractivity contribution is 7.80. The van der Waals surface area contributed by atoms with Crippen molar-refractivity contribution in [1.29, 1.82) is 0 Å². The van der Waals surface area contributed by atoms with E-state index in [1.54, 1.807) is 6.92 Å². The number of nitrogens with one attached hydrogen (secondary N) is 2. The average Bonchev–Trinajstić information content (AvgIpc) is 2.93. The molecule has 0 saturated heterocycles. The van der Waals surface area contributed by atoms with Crippen molar-refractivity contribution in [1.82, 2.24) is 0 Å². The third kappa shape index (κ3) is 3.75. The van der Waals surface area contributed by atoms with Gasteiger partial charge in [-0.2, -0.15) is 0 Å². The van der Waals surface area contributed by atoms with Crippen LogP contribution in [0.2, 0.25) is 0 Å². The van der Waals surface area contributed by atoms with Gasteiger partial charge in [0.05, 0.1) is 25.4 Å². The molecule has 0 radical (unpaired) electrons. The van der Waals surface area contributed by atoms with E-state index in [1.165, 1.54) is 11.3 Å². The van der Waals surface area contributed by atoms with Gasteiger partial charge in [0.1, 0.15) is 5.00 Å². The molecule has 1 aliphatic rings. The van der Waals surface area contributed by atoms with Crippen LogP contribution in [-0.2, 0) is 22.5 Å². The van der Waals surface area contributed by atoms with Gasteiger partial charge < -0.3 is 20.1 Å². The quantitative estimate of drug-likeness (QED) is 0.637. The van der Waals surface area contributed by atoms with Crippen LogP contribution in [-0.4, -0.2) is 24.3 Å². The SMILES string of the molecule is CCOC(=O)c1c(NC(=S)Nc2ccccc2)sc2c1CCOC2. The van der Waals surface area contributed by atoms with Gasteiger partial charge in [-0.15, -0.1) is 11.3 Å². The molecular formula is C17H18N2O3S2. The van der Waals surface area contributed by atoms with Crippen molar-refractivity contribution in [3.63, 3.8) is 0 Å². The molecule has 7 heteroatoms. The lowest BCUT2D eigenvalue weighted by Crippen LogP contribution is -2.20. The van der Waals surface area contributed by atoms with Gasteiger partial charge in [-0.25, -0.2) is 4.79 Å². The van der Waals surface area contributed by atoms with Crippen LogP contribution < -0.4 is 10.6 Å². The molecule has 126 valence electrons. The predicted octanol–water partition coefficient (Wildman–Crippen LogP) is 3.81. The van der Waals surface area contributed by atoms with Crippen LogP contribution >= 0.6 is 23.6 Å². The van der Waals surface area contributed by atoms with E-state index in [0.29, 0.717) is 41.9 Å². The molecule has 5 nitrogen and oxygen atoms in total. The van der Waals surface area contributed by atoms with Gasteiger partial charge in [0.15, 0.2) is 5.11 Å². The number of anilines is 2. The second-order valence-electron chi connectivity index (χ2n) is 5.18. The Balaban J connectivity index is 1.82. The van der Waals surface area contributed by atoms with Gasteiger partial charge in [-0.3, -0.25) is 0 Å². The Hall–Kier alpha value is -1.96. The second kappa shape index (κ2) is 7.74. The molecule has 0 unspecified atom stereocenters. The zero-order valence-corrected chi connectivity index (χ0v) is 14.9. The minimum absolute atomic E-state index is 0.318. The lowest BCUT2D eigenvalue weighted by Gasteiger charge is -2.13. The minimum Gasteiger partial charge on any atom is -0.462 e. The lowest BCUT2D eigenvalue weighted by molar-refractivity contribution is 0.0524. The fourth-order valence-corrected chi connectivity index (χ4v) is 3.99. The Morgan fingerprint density at radius 2 is 2.12 bits per heavy atom. The number of para-hydroxylation sites is 1. The van der Waals surface area contributed by atoms with Crippen molar-refractivity contribution in [2.75, 3.05) is 23.8 Å². The van der Waals surface area contributed by atoms with Crippen LogP contribution in [0.4, 0.5) is 10.7 Å². The van der Waals surface area contributed by atoms with Gasteiger partial charge in [0, 0.05) is 10.6 Å². The highest BCUT2D eigenvalue weighted by atomic mass is 32.1. The zero-order chi connectivity index (χ0) is 16.9. The molecule has 2 N–H and O–H groups in total. The van der Waals surface area contributed by atoms with Gasteiger partial charge in [-0.05, 0) is 43.3 Å². The van der Waals surface area contributed by atoms with E-state index < -0.39 is 0 Å². The molecular weight excluding hydrogens is 344 g/mol. The summed E-state index contributed by atoms with van der Waals surface area (Å²) in [5.41, 5.74) is 2.48. The molecule has 1 aliphatic heterocycles. The van der Waals surface area contributed by atoms with Crippen molar-refractivity contribution in [2.24, 2.45) is 0 Å². The fourth-order valence-electron chi connectivity index (χ4n) is 2.53. The number of rotatable bonds is 4. The summed E-state index contributed by atoms with van der Waals surface area (Å²) < 4.78 is 10.7. The summed E-state index contributed by atoms with van der Waals surface area (Å²) in [5, 5.41) is 7.39. The predicted molar refractivity (Wildman–Crippen MR) is 99.9 cm³/mol. The molecule has 0 spiro atoms. The van der Waals surface area contributed by atoms with Crippen LogP contribution in [0.1, 0.15) is 27.7 Å². The second-order valence-corrected chi connectivity index (χ2v) is 6.69. The van der Waals surface area contributed by atoms with E-state index in [9.17, 15) is 4.79 Å². The van der Waals surface area contributed by atoms with Crippen LogP contribution in [0.25, 0.3) is 0 Å². The average molecular weight is 362 g/mol. The maximum absolute atomic E-state index is 12.4. The van der Waals surface area contributed by atoms with E-state index in [0.717, 1.165) is 16.1 Å². The number of hydrogen-bond donors (Lipinski definition) is 2. The molecule has 3 rings (SSSR count). The lowest BCUT2D eigenvalue weighted by atomic mass is 10.1. The summed E-state index contributed by atoms with van der Waals surface area (Å²) in [6.45, 7) is 3.27. The largest absolute Gasteiger partial charge is 0.462 e.